The van der Waals surface area contributed by atoms with Gasteiger partial charge in [0.15, 0.2) is 0 Å². The number of benzene rings is 2. The number of carbonyl (C=O) groups is 2. The molecule has 0 aromatic heterocycles. The SMILES string of the molecule is C=CN(OS(=O)(=O)c1ccc(C)cc1)C(=O)c1cc(C(=O)O)ccc1C. The van der Waals surface area contributed by atoms with Gasteiger partial charge >= 0.3 is 16.1 Å². The standard InChI is InChI=1S/C18H17NO6S/c1-4-19(25-26(23,24)15-9-5-12(2)6-10-15)17(20)16-11-14(18(21)22)8-7-13(16)3/h4-11H,1H2,2-3H3,(H,21,22). The molecule has 2 aromatic rings. The molecule has 0 heterocycles. The molecule has 0 saturated heterocycles. The second kappa shape index (κ2) is 7.51. The molecule has 0 fully saturated rings. The summed E-state index contributed by atoms with van der Waals surface area (Å²) in [6, 6.07) is 9.84. The zero-order valence-electron chi connectivity index (χ0n) is 14.2. The Labute approximate surface area is 151 Å². The number of aryl methyl sites for hydroxylation is 2. The summed E-state index contributed by atoms with van der Waals surface area (Å²) in [6.07, 6.45) is 0.904. The topological polar surface area (TPSA) is 101 Å². The van der Waals surface area contributed by atoms with Gasteiger partial charge in [0.05, 0.1) is 10.5 Å². The summed E-state index contributed by atoms with van der Waals surface area (Å²) in [5.41, 5.74) is 1.21. The fourth-order valence-corrected chi connectivity index (χ4v) is 3.00. The number of nitrogens with zero attached hydrogens (tertiary/aromatic N) is 1. The third kappa shape index (κ3) is 4.16. The lowest BCUT2D eigenvalue weighted by molar-refractivity contribution is 0.00648. The first kappa shape index (κ1) is 19.4. The molecule has 0 spiro atoms. The van der Waals surface area contributed by atoms with Crippen molar-refractivity contribution in [3.05, 3.63) is 77.5 Å². The Morgan fingerprint density at radius 2 is 1.73 bits per heavy atom. The maximum atomic E-state index is 12.6. The lowest BCUT2D eigenvalue weighted by Gasteiger charge is -2.18. The summed E-state index contributed by atoms with van der Waals surface area (Å²) in [7, 11) is -4.26. The smallest absolute Gasteiger partial charge is 0.335 e. The van der Waals surface area contributed by atoms with Gasteiger partial charge < -0.3 is 5.11 Å². The summed E-state index contributed by atoms with van der Waals surface area (Å²) >= 11 is 0. The molecule has 7 nitrogen and oxygen atoms in total. The largest absolute Gasteiger partial charge is 0.478 e. The Morgan fingerprint density at radius 3 is 2.27 bits per heavy atom. The van der Waals surface area contributed by atoms with Crippen molar-refractivity contribution in [1.82, 2.24) is 5.06 Å². The van der Waals surface area contributed by atoms with Crippen molar-refractivity contribution >= 4 is 22.0 Å². The molecule has 0 aliphatic rings. The van der Waals surface area contributed by atoms with Gasteiger partial charge in [-0.1, -0.05) is 30.3 Å². The molecule has 0 aliphatic heterocycles. The molecule has 136 valence electrons. The van der Waals surface area contributed by atoms with Crippen molar-refractivity contribution in [2.24, 2.45) is 0 Å². The van der Waals surface area contributed by atoms with E-state index < -0.39 is 22.0 Å². The van der Waals surface area contributed by atoms with E-state index in [-0.39, 0.29) is 16.0 Å². The van der Waals surface area contributed by atoms with E-state index in [4.69, 9.17) is 9.39 Å². The summed E-state index contributed by atoms with van der Waals surface area (Å²) in [5.74, 6) is -2.06. The van der Waals surface area contributed by atoms with Gasteiger partial charge in [0, 0.05) is 11.8 Å². The number of carboxylic acid groups (broad SMARTS) is 1. The van der Waals surface area contributed by atoms with E-state index in [2.05, 4.69) is 6.58 Å². The third-order valence-corrected chi connectivity index (χ3v) is 4.78. The van der Waals surface area contributed by atoms with E-state index >= 15 is 0 Å². The van der Waals surface area contributed by atoms with Crippen LogP contribution in [0.4, 0.5) is 0 Å². The fraction of sp³-hybridized carbons (Fsp3) is 0.111. The van der Waals surface area contributed by atoms with E-state index in [0.717, 1.165) is 17.8 Å². The van der Waals surface area contributed by atoms with E-state index in [1.165, 1.54) is 24.3 Å². The van der Waals surface area contributed by atoms with Gasteiger partial charge in [-0.15, -0.1) is 4.28 Å². The van der Waals surface area contributed by atoms with Crippen LogP contribution in [0.2, 0.25) is 0 Å². The van der Waals surface area contributed by atoms with Crippen LogP contribution in [-0.2, 0) is 14.4 Å². The van der Waals surface area contributed by atoms with Gasteiger partial charge in [0.1, 0.15) is 0 Å². The minimum atomic E-state index is -4.26. The van der Waals surface area contributed by atoms with Gasteiger partial charge in [-0.2, -0.15) is 13.5 Å². The van der Waals surface area contributed by atoms with E-state index in [9.17, 15) is 18.0 Å². The minimum absolute atomic E-state index is 0.0103. The van der Waals surface area contributed by atoms with Gasteiger partial charge in [0.25, 0.3) is 5.91 Å². The van der Waals surface area contributed by atoms with Crippen LogP contribution in [0.1, 0.15) is 31.8 Å². The molecular weight excluding hydrogens is 358 g/mol. The highest BCUT2D eigenvalue weighted by atomic mass is 32.2. The first-order valence-electron chi connectivity index (χ1n) is 7.47. The summed E-state index contributed by atoms with van der Waals surface area (Å²) in [6.45, 7) is 6.78. The highest BCUT2D eigenvalue weighted by Crippen LogP contribution is 2.19. The zero-order chi connectivity index (χ0) is 19.5. The van der Waals surface area contributed by atoms with Gasteiger partial charge in [-0.25, -0.2) is 4.79 Å². The molecule has 0 saturated carbocycles. The number of rotatable bonds is 6. The number of hydrogen-bond donors (Lipinski definition) is 1. The monoisotopic (exact) mass is 375 g/mol. The van der Waals surface area contributed by atoms with Crippen LogP contribution in [-0.4, -0.2) is 30.5 Å². The van der Waals surface area contributed by atoms with Gasteiger partial charge in [-0.05, 0) is 43.7 Å². The van der Waals surface area contributed by atoms with E-state index in [1.54, 1.807) is 26.0 Å². The van der Waals surface area contributed by atoms with Crippen LogP contribution in [0.25, 0.3) is 0 Å². The molecule has 2 rings (SSSR count). The van der Waals surface area contributed by atoms with Crippen molar-refractivity contribution in [3.63, 3.8) is 0 Å². The summed E-state index contributed by atoms with van der Waals surface area (Å²) in [4.78, 5) is 23.6. The normalized spacial score (nSPS) is 11.0. The number of amides is 1. The number of hydrogen-bond acceptors (Lipinski definition) is 5. The quantitative estimate of drug-likeness (QED) is 0.779. The maximum Gasteiger partial charge on any atom is 0.335 e. The minimum Gasteiger partial charge on any atom is -0.478 e. The van der Waals surface area contributed by atoms with Crippen LogP contribution in [0.15, 0.2) is 60.1 Å². The van der Waals surface area contributed by atoms with Crippen molar-refractivity contribution in [2.75, 3.05) is 0 Å². The Morgan fingerprint density at radius 1 is 1.12 bits per heavy atom. The molecule has 0 aliphatic carbocycles. The lowest BCUT2D eigenvalue weighted by atomic mass is 10.0. The van der Waals surface area contributed by atoms with Gasteiger partial charge in [0.2, 0.25) is 0 Å². The maximum absolute atomic E-state index is 12.6. The van der Waals surface area contributed by atoms with E-state index in [0.29, 0.717) is 10.6 Å². The Bertz CT molecular complexity index is 964. The van der Waals surface area contributed by atoms with Crippen LogP contribution in [0.3, 0.4) is 0 Å². The van der Waals surface area contributed by atoms with E-state index in [1.807, 2.05) is 0 Å². The van der Waals surface area contributed by atoms with Crippen LogP contribution in [0, 0.1) is 13.8 Å². The van der Waals surface area contributed by atoms with Crippen LogP contribution >= 0.6 is 0 Å². The lowest BCUT2D eigenvalue weighted by Crippen LogP contribution is -2.29. The molecule has 26 heavy (non-hydrogen) atoms. The zero-order valence-corrected chi connectivity index (χ0v) is 15.0. The predicted molar refractivity (Wildman–Crippen MR) is 94.0 cm³/mol. The van der Waals surface area contributed by atoms with Crippen LogP contribution in [0.5, 0.6) is 0 Å². The second-order valence-electron chi connectivity index (χ2n) is 5.49. The van der Waals surface area contributed by atoms with Gasteiger partial charge in [-0.3, -0.25) is 4.79 Å². The molecule has 1 amide bonds. The average Bonchev–Trinajstić information content (AvgIpc) is 2.59. The highest BCUT2D eigenvalue weighted by Gasteiger charge is 2.25. The highest BCUT2D eigenvalue weighted by molar-refractivity contribution is 7.86. The molecule has 0 radical (unpaired) electrons. The average molecular weight is 375 g/mol. The number of carbonyl (C=O) groups excluding carboxylic acids is 1. The van der Waals surface area contributed by atoms with Crippen molar-refractivity contribution in [3.8, 4) is 0 Å². The number of hydroxylamine groups is 2. The molecule has 8 heteroatoms. The molecule has 0 unspecified atom stereocenters. The second-order valence-corrected chi connectivity index (χ2v) is 7.02. The van der Waals surface area contributed by atoms with Crippen molar-refractivity contribution < 1.29 is 27.4 Å². The molecule has 0 atom stereocenters. The number of carboxylic acids is 1. The molecule has 0 bridgehead atoms. The molecular formula is C18H17NO6S. The third-order valence-electron chi connectivity index (χ3n) is 3.57. The fourth-order valence-electron chi connectivity index (χ4n) is 2.11. The summed E-state index contributed by atoms with van der Waals surface area (Å²) < 4.78 is 29.6. The molecule has 2 aromatic carbocycles. The summed E-state index contributed by atoms with van der Waals surface area (Å²) in [5, 5.41) is 9.52. The molecule has 1 N–H and O–H groups in total. The number of aromatic carboxylic acids is 1. The first-order chi connectivity index (χ1) is 12.2. The Kier molecular flexibility index (Phi) is 5.59. The van der Waals surface area contributed by atoms with Crippen molar-refractivity contribution in [1.29, 1.82) is 0 Å². The van der Waals surface area contributed by atoms with Crippen molar-refractivity contribution in [2.45, 2.75) is 18.7 Å². The Hall–Kier alpha value is -2.97. The van der Waals surface area contributed by atoms with Crippen LogP contribution < -0.4 is 0 Å². The predicted octanol–water partition coefficient (Wildman–Crippen LogP) is 2.91. The Balaban J connectivity index is 2.35. The first-order valence-corrected chi connectivity index (χ1v) is 8.88.